The first-order chi connectivity index (χ1) is 5.86. The molecule has 12 heavy (non-hydrogen) atoms. The number of pyridine rings is 1. The van der Waals surface area contributed by atoms with Crippen molar-refractivity contribution in [3.05, 3.63) is 35.1 Å². The summed E-state index contributed by atoms with van der Waals surface area (Å²) in [5, 5.41) is 0.510. The lowest BCUT2D eigenvalue weighted by atomic mass is 10.2. The van der Waals surface area contributed by atoms with Crippen molar-refractivity contribution in [2.45, 2.75) is 6.42 Å². The summed E-state index contributed by atoms with van der Waals surface area (Å²) >= 11 is 5.73. The van der Waals surface area contributed by atoms with Crippen LogP contribution in [0.5, 0.6) is 0 Å². The molecule has 1 aliphatic rings. The van der Waals surface area contributed by atoms with Crippen LogP contribution in [-0.4, -0.2) is 11.2 Å². The molecular formula is C9H7ClN2. The largest absolute Gasteiger partial charge is 0.261 e. The molecule has 1 aromatic heterocycles. The first-order valence-corrected chi connectivity index (χ1v) is 4.09. The highest BCUT2D eigenvalue weighted by molar-refractivity contribution is 6.29. The Bertz CT molecular complexity index is 355. The fourth-order valence-corrected chi connectivity index (χ4v) is 1.30. The molecule has 0 atom stereocenters. The number of allylic oxidation sites excluding steroid dienone is 1. The predicted octanol–water partition coefficient (Wildman–Crippen LogP) is 2.55. The molecule has 0 N–H and O–H groups in total. The van der Waals surface area contributed by atoms with Crippen LogP contribution in [-0.2, 0) is 0 Å². The molecule has 0 amide bonds. The molecule has 0 aromatic carbocycles. The minimum absolute atomic E-state index is 0.510. The average Bonchev–Trinajstić information content (AvgIpc) is 2.56. The number of aliphatic imine (C=N–C) groups is 1. The molecule has 0 aliphatic carbocycles. The normalized spacial score (nSPS) is 14.9. The van der Waals surface area contributed by atoms with Gasteiger partial charge in [0.05, 0.1) is 5.70 Å². The summed E-state index contributed by atoms with van der Waals surface area (Å²) in [5.74, 6) is 0. The Kier molecular flexibility index (Phi) is 1.92. The Morgan fingerprint density at radius 1 is 1.42 bits per heavy atom. The third-order valence-corrected chi connectivity index (χ3v) is 1.88. The van der Waals surface area contributed by atoms with Crippen LogP contribution in [0.25, 0.3) is 5.70 Å². The molecule has 0 bridgehead atoms. The minimum Gasteiger partial charge on any atom is -0.261 e. The van der Waals surface area contributed by atoms with Gasteiger partial charge in [0, 0.05) is 24.4 Å². The van der Waals surface area contributed by atoms with Crippen molar-refractivity contribution in [2.24, 2.45) is 4.99 Å². The molecule has 0 fully saturated rings. The van der Waals surface area contributed by atoms with Crippen LogP contribution in [0.1, 0.15) is 12.0 Å². The Hall–Kier alpha value is -1.15. The van der Waals surface area contributed by atoms with Gasteiger partial charge in [0.15, 0.2) is 0 Å². The van der Waals surface area contributed by atoms with Gasteiger partial charge >= 0.3 is 0 Å². The number of hydrogen-bond acceptors (Lipinski definition) is 2. The molecule has 0 saturated carbocycles. The van der Waals surface area contributed by atoms with Crippen LogP contribution < -0.4 is 0 Å². The van der Waals surface area contributed by atoms with Crippen molar-refractivity contribution in [2.75, 3.05) is 0 Å². The monoisotopic (exact) mass is 178 g/mol. The van der Waals surface area contributed by atoms with Crippen molar-refractivity contribution >= 4 is 23.5 Å². The van der Waals surface area contributed by atoms with Crippen LogP contribution in [0.3, 0.4) is 0 Å². The fourth-order valence-electron chi connectivity index (χ4n) is 1.12. The van der Waals surface area contributed by atoms with Crippen molar-refractivity contribution in [3.63, 3.8) is 0 Å². The smallest absolute Gasteiger partial charge is 0.129 e. The SMILES string of the molecule is Clc1cc(C2=CCC=N2)ccn1. The maximum atomic E-state index is 5.73. The quantitative estimate of drug-likeness (QED) is 0.607. The van der Waals surface area contributed by atoms with E-state index in [9.17, 15) is 0 Å². The minimum atomic E-state index is 0.510. The van der Waals surface area contributed by atoms with E-state index in [-0.39, 0.29) is 0 Å². The number of rotatable bonds is 1. The molecule has 0 unspecified atom stereocenters. The van der Waals surface area contributed by atoms with E-state index in [1.54, 1.807) is 6.20 Å². The number of nitrogens with zero attached hydrogens (tertiary/aromatic N) is 2. The van der Waals surface area contributed by atoms with Crippen LogP contribution in [0.2, 0.25) is 5.15 Å². The van der Waals surface area contributed by atoms with Gasteiger partial charge in [-0.2, -0.15) is 0 Å². The van der Waals surface area contributed by atoms with Crippen molar-refractivity contribution in [1.29, 1.82) is 0 Å². The lowest BCUT2D eigenvalue weighted by Crippen LogP contribution is -1.80. The molecule has 0 spiro atoms. The second-order valence-electron chi connectivity index (χ2n) is 2.50. The van der Waals surface area contributed by atoms with E-state index in [0.717, 1.165) is 17.7 Å². The zero-order valence-electron chi connectivity index (χ0n) is 6.37. The second kappa shape index (κ2) is 3.07. The van der Waals surface area contributed by atoms with Gasteiger partial charge in [-0.1, -0.05) is 17.7 Å². The van der Waals surface area contributed by atoms with Crippen molar-refractivity contribution in [3.8, 4) is 0 Å². The van der Waals surface area contributed by atoms with Gasteiger partial charge in [-0.05, 0) is 12.1 Å². The van der Waals surface area contributed by atoms with Gasteiger partial charge in [-0.15, -0.1) is 0 Å². The van der Waals surface area contributed by atoms with E-state index in [1.807, 2.05) is 18.3 Å². The summed E-state index contributed by atoms with van der Waals surface area (Å²) in [6.45, 7) is 0. The third-order valence-electron chi connectivity index (χ3n) is 1.67. The molecule has 60 valence electrons. The lowest BCUT2D eigenvalue weighted by Gasteiger charge is -1.97. The summed E-state index contributed by atoms with van der Waals surface area (Å²) in [6.07, 6.45) is 6.54. The standard InChI is InChI=1S/C9H7ClN2/c10-9-6-7(3-5-12-9)8-2-1-4-11-8/h2-6H,1H2. The molecule has 3 heteroatoms. The molecule has 1 aliphatic heterocycles. The lowest BCUT2D eigenvalue weighted by molar-refractivity contribution is 1.31. The first kappa shape index (κ1) is 7.50. The zero-order valence-corrected chi connectivity index (χ0v) is 7.12. The van der Waals surface area contributed by atoms with Crippen molar-refractivity contribution in [1.82, 2.24) is 4.98 Å². The highest BCUT2D eigenvalue weighted by Gasteiger charge is 2.02. The maximum Gasteiger partial charge on any atom is 0.129 e. The zero-order chi connectivity index (χ0) is 8.39. The number of aromatic nitrogens is 1. The van der Waals surface area contributed by atoms with E-state index in [1.165, 1.54) is 0 Å². The Morgan fingerprint density at radius 3 is 3.00 bits per heavy atom. The van der Waals surface area contributed by atoms with Gasteiger partial charge in [-0.25, -0.2) is 4.98 Å². The van der Waals surface area contributed by atoms with Crippen LogP contribution in [0, 0.1) is 0 Å². The topological polar surface area (TPSA) is 25.2 Å². The second-order valence-corrected chi connectivity index (χ2v) is 2.89. The van der Waals surface area contributed by atoms with Crippen LogP contribution in [0.15, 0.2) is 29.4 Å². The van der Waals surface area contributed by atoms with E-state index in [4.69, 9.17) is 11.6 Å². The molecule has 2 nitrogen and oxygen atoms in total. The van der Waals surface area contributed by atoms with Gasteiger partial charge in [0.2, 0.25) is 0 Å². The Balaban J connectivity index is 2.40. The summed E-state index contributed by atoms with van der Waals surface area (Å²) in [7, 11) is 0. The third kappa shape index (κ3) is 1.38. The van der Waals surface area contributed by atoms with Gasteiger partial charge < -0.3 is 0 Å². The summed E-state index contributed by atoms with van der Waals surface area (Å²) in [5.41, 5.74) is 2.02. The fraction of sp³-hybridized carbons (Fsp3) is 0.111. The maximum absolute atomic E-state index is 5.73. The molecule has 2 heterocycles. The van der Waals surface area contributed by atoms with E-state index >= 15 is 0 Å². The van der Waals surface area contributed by atoms with Crippen LogP contribution >= 0.6 is 11.6 Å². The van der Waals surface area contributed by atoms with Gasteiger partial charge in [0.1, 0.15) is 5.15 Å². The number of hydrogen-bond donors (Lipinski definition) is 0. The van der Waals surface area contributed by atoms with Gasteiger partial charge in [0.25, 0.3) is 0 Å². The number of halogens is 1. The van der Waals surface area contributed by atoms with E-state index in [2.05, 4.69) is 16.1 Å². The van der Waals surface area contributed by atoms with E-state index in [0.29, 0.717) is 5.15 Å². The average molecular weight is 179 g/mol. The van der Waals surface area contributed by atoms with Gasteiger partial charge in [-0.3, -0.25) is 4.99 Å². The summed E-state index contributed by atoms with van der Waals surface area (Å²) in [4.78, 5) is 8.09. The van der Waals surface area contributed by atoms with Crippen molar-refractivity contribution < 1.29 is 0 Å². The molecule has 0 saturated heterocycles. The summed E-state index contributed by atoms with van der Waals surface area (Å²) in [6, 6.07) is 3.72. The van der Waals surface area contributed by atoms with E-state index < -0.39 is 0 Å². The highest BCUT2D eigenvalue weighted by atomic mass is 35.5. The molecular weight excluding hydrogens is 172 g/mol. The van der Waals surface area contributed by atoms with Crippen LogP contribution in [0.4, 0.5) is 0 Å². The highest BCUT2D eigenvalue weighted by Crippen LogP contribution is 2.20. The Morgan fingerprint density at radius 2 is 2.33 bits per heavy atom. The Labute approximate surface area is 75.6 Å². The molecule has 0 radical (unpaired) electrons. The first-order valence-electron chi connectivity index (χ1n) is 3.71. The predicted molar refractivity (Wildman–Crippen MR) is 50.3 cm³/mol. The molecule has 2 rings (SSSR count). The molecule has 1 aromatic rings. The summed E-state index contributed by atoms with van der Waals surface area (Å²) < 4.78 is 0.